The maximum Gasteiger partial charge on any atom is 0.302 e. The van der Waals surface area contributed by atoms with Crippen LogP contribution in [0.3, 0.4) is 0 Å². The second-order valence-electron chi connectivity index (χ2n) is 3.97. The Morgan fingerprint density at radius 1 is 1.38 bits per heavy atom. The van der Waals surface area contributed by atoms with Gasteiger partial charge in [-0.1, -0.05) is 30.3 Å². The summed E-state index contributed by atoms with van der Waals surface area (Å²) in [6, 6.07) is 10.7. The van der Waals surface area contributed by atoms with Crippen molar-refractivity contribution in [2.45, 2.75) is 25.8 Å². The molecule has 1 aliphatic carbocycles. The van der Waals surface area contributed by atoms with E-state index in [-0.39, 0.29) is 12.0 Å². The van der Waals surface area contributed by atoms with E-state index in [1.165, 1.54) is 32.4 Å². The number of rotatable bonds is 2. The van der Waals surface area contributed by atoms with E-state index in [0.717, 1.165) is 5.92 Å². The van der Waals surface area contributed by atoms with Crippen LogP contribution in [0.4, 0.5) is 0 Å². The van der Waals surface area contributed by atoms with Crippen molar-refractivity contribution in [1.82, 2.24) is 0 Å². The van der Waals surface area contributed by atoms with Gasteiger partial charge in [0.2, 0.25) is 0 Å². The molecule has 1 saturated carbocycles. The average Bonchev–Trinajstić information content (AvgIpc) is 3.14. The van der Waals surface area contributed by atoms with Crippen LogP contribution < -0.4 is 5.73 Å². The van der Waals surface area contributed by atoms with Crippen LogP contribution >= 0.6 is 0 Å². The summed E-state index contributed by atoms with van der Waals surface area (Å²) < 4.78 is 4.11. The van der Waals surface area contributed by atoms with Gasteiger partial charge < -0.3 is 10.5 Å². The summed E-state index contributed by atoms with van der Waals surface area (Å²) >= 11 is 0. The smallest absolute Gasteiger partial charge is 0.302 e. The number of carbonyl (C=O) groups excluding carboxylic acids is 1. The molecular weight excluding hydrogens is 202 g/mol. The Morgan fingerprint density at radius 2 is 1.88 bits per heavy atom. The summed E-state index contributed by atoms with van der Waals surface area (Å²) in [4.78, 5) is 9.59. The molecule has 0 aliphatic heterocycles. The summed E-state index contributed by atoms with van der Waals surface area (Å²) in [7, 11) is 1.35. The maximum absolute atomic E-state index is 9.59. The van der Waals surface area contributed by atoms with Crippen molar-refractivity contribution in [2.75, 3.05) is 7.11 Å². The van der Waals surface area contributed by atoms with E-state index in [4.69, 9.17) is 5.73 Å². The lowest BCUT2D eigenvalue weighted by molar-refractivity contribution is -0.137. The van der Waals surface area contributed by atoms with Gasteiger partial charge in [-0.25, -0.2) is 0 Å². The highest BCUT2D eigenvalue weighted by molar-refractivity contribution is 5.65. The number of ether oxygens (including phenoxy) is 1. The minimum atomic E-state index is -0.245. The van der Waals surface area contributed by atoms with Crippen LogP contribution in [-0.4, -0.2) is 13.1 Å². The van der Waals surface area contributed by atoms with Crippen LogP contribution in [-0.2, 0) is 9.53 Å². The van der Waals surface area contributed by atoms with Crippen molar-refractivity contribution in [2.24, 2.45) is 11.7 Å². The third-order valence-electron chi connectivity index (χ3n) is 2.60. The molecule has 1 unspecified atom stereocenters. The Balaban J connectivity index is 0.000000221. The molecule has 0 bridgehead atoms. The van der Waals surface area contributed by atoms with Gasteiger partial charge in [0, 0.05) is 13.0 Å². The first-order chi connectivity index (χ1) is 7.65. The standard InChI is InChI=1S/C10H13N.C3H6O2/c11-10(9-6-7-9)8-4-2-1-3-5-8;1-3(4)5-2/h1-5,9-10H,6-7,11H2;1-2H3. The molecule has 0 aromatic heterocycles. The minimum absolute atomic E-state index is 0.245. The third kappa shape index (κ3) is 4.45. The number of benzene rings is 1. The number of esters is 1. The Bertz CT molecular complexity index is 320. The summed E-state index contributed by atoms with van der Waals surface area (Å²) in [5, 5.41) is 0. The van der Waals surface area contributed by atoms with E-state index in [0.29, 0.717) is 0 Å². The molecule has 0 heterocycles. The zero-order valence-corrected chi connectivity index (χ0v) is 9.85. The Kier molecular flexibility index (Phi) is 4.99. The molecular formula is C13H19NO2. The van der Waals surface area contributed by atoms with Crippen molar-refractivity contribution in [3.63, 3.8) is 0 Å². The van der Waals surface area contributed by atoms with Crippen molar-refractivity contribution in [1.29, 1.82) is 0 Å². The molecule has 0 radical (unpaired) electrons. The van der Waals surface area contributed by atoms with Gasteiger partial charge >= 0.3 is 5.97 Å². The Morgan fingerprint density at radius 3 is 2.25 bits per heavy atom. The van der Waals surface area contributed by atoms with E-state index < -0.39 is 0 Å². The molecule has 3 heteroatoms. The third-order valence-corrected chi connectivity index (χ3v) is 2.60. The molecule has 2 rings (SSSR count). The number of hydrogen-bond donors (Lipinski definition) is 1. The fourth-order valence-electron chi connectivity index (χ4n) is 1.40. The van der Waals surface area contributed by atoms with Crippen LogP contribution in [0.25, 0.3) is 0 Å². The van der Waals surface area contributed by atoms with E-state index in [9.17, 15) is 4.79 Å². The highest BCUT2D eigenvalue weighted by atomic mass is 16.5. The first kappa shape index (κ1) is 12.7. The van der Waals surface area contributed by atoms with Crippen molar-refractivity contribution in [3.8, 4) is 0 Å². The summed E-state index contributed by atoms with van der Waals surface area (Å²) in [6.07, 6.45) is 2.63. The van der Waals surface area contributed by atoms with Gasteiger partial charge in [0.1, 0.15) is 0 Å². The first-order valence-electron chi connectivity index (χ1n) is 5.50. The minimum Gasteiger partial charge on any atom is -0.469 e. The second kappa shape index (κ2) is 6.28. The lowest BCUT2D eigenvalue weighted by atomic mass is 10.0. The van der Waals surface area contributed by atoms with Gasteiger partial charge in [-0.05, 0) is 24.3 Å². The first-order valence-corrected chi connectivity index (χ1v) is 5.50. The highest BCUT2D eigenvalue weighted by Gasteiger charge is 2.28. The summed E-state index contributed by atoms with van der Waals surface area (Å²) in [5.74, 6) is 0.516. The van der Waals surface area contributed by atoms with E-state index in [1.54, 1.807) is 0 Å². The SMILES string of the molecule is COC(C)=O.NC(c1ccccc1)C1CC1. The lowest BCUT2D eigenvalue weighted by Crippen LogP contribution is -2.11. The maximum atomic E-state index is 9.59. The quantitative estimate of drug-likeness (QED) is 0.779. The molecule has 1 aromatic carbocycles. The van der Waals surface area contributed by atoms with Gasteiger partial charge in [0.25, 0.3) is 0 Å². The van der Waals surface area contributed by atoms with Crippen molar-refractivity contribution in [3.05, 3.63) is 35.9 Å². The Labute approximate surface area is 96.6 Å². The fraction of sp³-hybridized carbons (Fsp3) is 0.462. The molecule has 0 spiro atoms. The summed E-state index contributed by atoms with van der Waals surface area (Å²) in [6.45, 7) is 1.36. The van der Waals surface area contributed by atoms with Crippen molar-refractivity contribution >= 4 is 5.97 Å². The number of nitrogens with two attached hydrogens (primary N) is 1. The van der Waals surface area contributed by atoms with Gasteiger partial charge in [0.05, 0.1) is 7.11 Å². The van der Waals surface area contributed by atoms with E-state index in [2.05, 4.69) is 29.0 Å². The second-order valence-corrected chi connectivity index (χ2v) is 3.97. The van der Waals surface area contributed by atoms with Gasteiger partial charge in [-0.3, -0.25) is 4.79 Å². The highest BCUT2D eigenvalue weighted by Crippen LogP contribution is 2.39. The molecule has 1 atom stereocenters. The van der Waals surface area contributed by atoms with Gasteiger partial charge in [0.15, 0.2) is 0 Å². The van der Waals surface area contributed by atoms with Crippen LogP contribution in [0.1, 0.15) is 31.4 Å². The predicted octanol–water partition coefficient (Wildman–Crippen LogP) is 2.28. The van der Waals surface area contributed by atoms with Crippen LogP contribution in [0, 0.1) is 5.92 Å². The molecule has 88 valence electrons. The Hall–Kier alpha value is -1.35. The largest absolute Gasteiger partial charge is 0.469 e. The summed E-state index contributed by atoms with van der Waals surface area (Å²) in [5.41, 5.74) is 7.29. The topological polar surface area (TPSA) is 52.3 Å². The molecule has 1 aliphatic rings. The number of hydrogen-bond acceptors (Lipinski definition) is 3. The van der Waals surface area contributed by atoms with Crippen LogP contribution in [0.15, 0.2) is 30.3 Å². The molecule has 1 fully saturated rings. The number of methoxy groups -OCH3 is 1. The monoisotopic (exact) mass is 221 g/mol. The molecule has 1 aromatic rings. The van der Waals surface area contributed by atoms with E-state index >= 15 is 0 Å². The molecule has 2 N–H and O–H groups in total. The zero-order chi connectivity index (χ0) is 12.0. The van der Waals surface area contributed by atoms with Crippen molar-refractivity contribution < 1.29 is 9.53 Å². The molecule has 0 saturated heterocycles. The van der Waals surface area contributed by atoms with Crippen LogP contribution in [0.5, 0.6) is 0 Å². The van der Waals surface area contributed by atoms with Crippen LogP contribution in [0.2, 0.25) is 0 Å². The zero-order valence-electron chi connectivity index (χ0n) is 9.85. The normalized spacial score (nSPS) is 15.7. The lowest BCUT2D eigenvalue weighted by Gasteiger charge is -2.09. The molecule has 3 nitrogen and oxygen atoms in total. The molecule has 0 amide bonds. The fourth-order valence-corrected chi connectivity index (χ4v) is 1.40. The van der Waals surface area contributed by atoms with Gasteiger partial charge in [-0.15, -0.1) is 0 Å². The van der Waals surface area contributed by atoms with E-state index in [1.807, 2.05) is 6.07 Å². The van der Waals surface area contributed by atoms with Gasteiger partial charge in [-0.2, -0.15) is 0 Å². The predicted molar refractivity (Wildman–Crippen MR) is 63.8 cm³/mol. The average molecular weight is 221 g/mol. The number of carbonyl (C=O) groups is 1. The molecule has 16 heavy (non-hydrogen) atoms.